The lowest BCUT2D eigenvalue weighted by Crippen LogP contribution is -2.09. The summed E-state index contributed by atoms with van der Waals surface area (Å²) < 4.78 is 17.1. The van der Waals surface area contributed by atoms with E-state index in [1.54, 1.807) is 61.7 Å². The van der Waals surface area contributed by atoms with Crippen LogP contribution in [0.2, 0.25) is 5.02 Å². The van der Waals surface area contributed by atoms with Crippen molar-refractivity contribution in [1.29, 1.82) is 0 Å². The van der Waals surface area contributed by atoms with Gasteiger partial charge in [-0.25, -0.2) is 4.79 Å². The highest BCUT2D eigenvalue weighted by atomic mass is 35.5. The molecule has 0 aliphatic carbocycles. The van der Waals surface area contributed by atoms with Crippen molar-refractivity contribution in [3.05, 3.63) is 125 Å². The molecule has 0 fully saturated rings. The lowest BCUT2D eigenvalue weighted by atomic mass is 10.1. The Kier molecular flexibility index (Phi) is 6.88. The molecule has 0 atom stereocenters. The predicted molar refractivity (Wildman–Crippen MR) is 144 cm³/mol. The number of halogens is 1. The van der Waals surface area contributed by atoms with Gasteiger partial charge in [-0.2, -0.15) is 0 Å². The van der Waals surface area contributed by atoms with E-state index in [1.165, 1.54) is 6.08 Å². The number of hydrogen-bond donors (Lipinski definition) is 0. The standard InChI is InChI=1S/C31H21ClO5/c1-35-24-16-18-28-25(19-24)29(30(37-28)22-8-3-2-4-9-22)31(34)36-23-14-11-21(12-15-23)27(33)17-13-20-7-5-6-10-26(20)32/h2-19H,1H3/b17-13+. The van der Waals surface area contributed by atoms with Crippen molar-refractivity contribution in [2.75, 3.05) is 7.11 Å². The Morgan fingerprint density at radius 2 is 1.54 bits per heavy atom. The van der Waals surface area contributed by atoms with Gasteiger partial charge < -0.3 is 13.9 Å². The molecule has 1 aromatic heterocycles. The highest BCUT2D eigenvalue weighted by Crippen LogP contribution is 2.36. The molecule has 0 unspecified atom stereocenters. The molecule has 0 saturated carbocycles. The second kappa shape index (κ2) is 10.6. The van der Waals surface area contributed by atoms with E-state index in [1.807, 2.05) is 48.5 Å². The fraction of sp³-hybridized carbons (Fsp3) is 0.0323. The monoisotopic (exact) mass is 508 g/mol. The minimum atomic E-state index is -0.580. The molecular formula is C31H21ClO5. The van der Waals surface area contributed by atoms with Crippen LogP contribution in [0.1, 0.15) is 26.3 Å². The highest BCUT2D eigenvalue weighted by molar-refractivity contribution is 6.32. The van der Waals surface area contributed by atoms with E-state index >= 15 is 0 Å². The molecule has 182 valence electrons. The van der Waals surface area contributed by atoms with Crippen molar-refractivity contribution in [3.63, 3.8) is 0 Å². The van der Waals surface area contributed by atoms with E-state index in [2.05, 4.69) is 0 Å². The average Bonchev–Trinajstić information content (AvgIpc) is 3.32. The van der Waals surface area contributed by atoms with Crippen molar-refractivity contribution in [2.45, 2.75) is 0 Å². The zero-order chi connectivity index (χ0) is 25.8. The summed E-state index contributed by atoms with van der Waals surface area (Å²) in [6.07, 6.45) is 3.13. The Balaban J connectivity index is 1.41. The largest absolute Gasteiger partial charge is 0.497 e. The molecule has 0 bridgehead atoms. The molecule has 0 saturated heterocycles. The maximum atomic E-state index is 13.4. The SMILES string of the molecule is COc1ccc2oc(-c3ccccc3)c(C(=O)Oc3ccc(C(=O)/C=C/c4ccccc4Cl)cc3)c2c1. The number of methoxy groups -OCH3 is 1. The molecule has 5 rings (SSSR count). The number of allylic oxidation sites excluding steroid dienone is 1. The number of benzene rings is 4. The van der Waals surface area contributed by atoms with Crippen molar-refractivity contribution < 1.29 is 23.5 Å². The van der Waals surface area contributed by atoms with E-state index in [0.717, 1.165) is 11.1 Å². The van der Waals surface area contributed by atoms with Crippen LogP contribution in [0.5, 0.6) is 11.5 Å². The Morgan fingerprint density at radius 1 is 0.838 bits per heavy atom. The van der Waals surface area contributed by atoms with Gasteiger partial charge in [-0.3, -0.25) is 4.79 Å². The Labute approximate surface area is 218 Å². The molecule has 37 heavy (non-hydrogen) atoms. The molecule has 4 aromatic carbocycles. The summed E-state index contributed by atoms with van der Waals surface area (Å²) in [5.41, 5.74) is 2.78. The molecular weight excluding hydrogens is 488 g/mol. The van der Waals surface area contributed by atoms with E-state index in [9.17, 15) is 9.59 Å². The normalized spacial score (nSPS) is 11.1. The summed E-state index contributed by atoms with van der Waals surface area (Å²) in [4.78, 5) is 26.0. The van der Waals surface area contributed by atoms with E-state index in [-0.39, 0.29) is 5.78 Å². The number of esters is 1. The lowest BCUT2D eigenvalue weighted by molar-refractivity contribution is 0.0737. The van der Waals surface area contributed by atoms with Crippen molar-refractivity contribution >= 4 is 40.4 Å². The van der Waals surface area contributed by atoms with E-state index < -0.39 is 5.97 Å². The number of hydrogen-bond acceptors (Lipinski definition) is 5. The zero-order valence-corrected chi connectivity index (χ0v) is 20.6. The summed E-state index contributed by atoms with van der Waals surface area (Å²) in [6.45, 7) is 0. The van der Waals surface area contributed by atoms with Gasteiger partial charge in [0.2, 0.25) is 0 Å². The van der Waals surface area contributed by atoms with Gasteiger partial charge in [0.1, 0.15) is 28.4 Å². The summed E-state index contributed by atoms with van der Waals surface area (Å²) in [7, 11) is 1.56. The maximum Gasteiger partial charge on any atom is 0.348 e. The minimum absolute atomic E-state index is 0.197. The van der Waals surface area contributed by atoms with Crippen LogP contribution in [0.15, 0.2) is 108 Å². The second-order valence-electron chi connectivity index (χ2n) is 8.17. The molecule has 6 heteroatoms. The molecule has 0 N–H and O–H groups in total. The van der Waals surface area contributed by atoms with Crippen LogP contribution in [0, 0.1) is 0 Å². The quantitative estimate of drug-likeness (QED) is 0.0968. The van der Waals surface area contributed by atoms with Gasteiger partial charge in [-0.15, -0.1) is 0 Å². The first-order valence-corrected chi connectivity index (χ1v) is 11.9. The van der Waals surface area contributed by atoms with Crippen LogP contribution in [-0.4, -0.2) is 18.9 Å². The Hall–Kier alpha value is -4.61. The van der Waals surface area contributed by atoms with Crippen LogP contribution in [0.25, 0.3) is 28.4 Å². The van der Waals surface area contributed by atoms with Crippen LogP contribution in [0.3, 0.4) is 0 Å². The third-order valence-corrected chi connectivity index (χ3v) is 6.15. The molecule has 5 aromatic rings. The molecule has 0 amide bonds. The van der Waals surface area contributed by atoms with Crippen LogP contribution >= 0.6 is 11.6 Å². The van der Waals surface area contributed by atoms with Crippen molar-refractivity contribution in [3.8, 4) is 22.8 Å². The predicted octanol–water partition coefficient (Wildman–Crippen LogP) is 7.88. The fourth-order valence-electron chi connectivity index (χ4n) is 3.92. The van der Waals surface area contributed by atoms with Gasteiger partial charge in [0.15, 0.2) is 5.78 Å². The molecule has 0 aliphatic heterocycles. The Morgan fingerprint density at radius 3 is 2.27 bits per heavy atom. The third-order valence-electron chi connectivity index (χ3n) is 5.80. The molecule has 0 aliphatic rings. The summed E-state index contributed by atoms with van der Waals surface area (Å²) >= 11 is 6.14. The minimum Gasteiger partial charge on any atom is -0.497 e. The van der Waals surface area contributed by atoms with Gasteiger partial charge in [-0.05, 0) is 66.2 Å². The maximum absolute atomic E-state index is 13.4. The molecule has 5 nitrogen and oxygen atoms in total. The topological polar surface area (TPSA) is 65.7 Å². The van der Waals surface area contributed by atoms with Crippen molar-refractivity contribution in [1.82, 2.24) is 0 Å². The van der Waals surface area contributed by atoms with E-state index in [0.29, 0.717) is 44.4 Å². The van der Waals surface area contributed by atoms with Gasteiger partial charge in [0.05, 0.1) is 7.11 Å². The average molecular weight is 509 g/mol. The third kappa shape index (κ3) is 5.17. The van der Waals surface area contributed by atoms with Gasteiger partial charge in [0.25, 0.3) is 0 Å². The summed E-state index contributed by atoms with van der Waals surface area (Å²) in [5, 5.41) is 1.15. The zero-order valence-electron chi connectivity index (χ0n) is 19.8. The first kappa shape index (κ1) is 24.1. The summed E-state index contributed by atoms with van der Waals surface area (Å²) in [5.74, 6) is 0.522. The van der Waals surface area contributed by atoms with Crippen LogP contribution in [0.4, 0.5) is 0 Å². The second-order valence-corrected chi connectivity index (χ2v) is 8.57. The fourth-order valence-corrected chi connectivity index (χ4v) is 4.12. The number of fused-ring (bicyclic) bond motifs is 1. The Bertz CT molecular complexity index is 1620. The number of rotatable bonds is 7. The molecule has 1 heterocycles. The number of furan rings is 1. The van der Waals surface area contributed by atoms with Crippen molar-refractivity contribution in [2.24, 2.45) is 0 Å². The first-order valence-electron chi connectivity index (χ1n) is 11.5. The number of ketones is 1. The van der Waals surface area contributed by atoms with Crippen LogP contribution < -0.4 is 9.47 Å². The number of carbonyl (C=O) groups is 2. The molecule has 0 spiro atoms. The van der Waals surface area contributed by atoms with E-state index in [4.69, 9.17) is 25.5 Å². The smallest absolute Gasteiger partial charge is 0.348 e. The summed E-state index contributed by atoms with van der Waals surface area (Å²) in [6, 6.07) is 28.3. The number of ether oxygens (including phenoxy) is 2. The van der Waals surface area contributed by atoms with Gasteiger partial charge in [0, 0.05) is 21.5 Å². The van der Waals surface area contributed by atoms with Gasteiger partial charge >= 0.3 is 5.97 Å². The lowest BCUT2D eigenvalue weighted by Gasteiger charge is -2.06. The highest BCUT2D eigenvalue weighted by Gasteiger charge is 2.24. The van der Waals surface area contributed by atoms with Gasteiger partial charge in [-0.1, -0.05) is 60.1 Å². The van der Waals surface area contributed by atoms with Crippen LogP contribution in [-0.2, 0) is 0 Å². The first-order chi connectivity index (χ1) is 18.0. The number of carbonyl (C=O) groups excluding carboxylic acids is 2. The molecule has 0 radical (unpaired) electrons.